The molecule has 0 saturated heterocycles. The van der Waals surface area contributed by atoms with Crippen LogP contribution in [0.25, 0.3) is 0 Å². The molecule has 0 radical (unpaired) electrons. The lowest BCUT2D eigenvalue weighted by Gasteiger charge is -2.05. The van der Waals surface area contributed by atoms with Gasteiger partial charge in [-0.25, -0.2) is 0 Å². The van der Waals surface area contributed by atoms with E-state index in [-0.39, 0.29) is 6.54 Å². The minimum atomic E-state index is -4.26. The third-order valence-electron chi connectivity index (χ3n) is 1.08. The predicted molar refractivity (Wildman–Crippen MR) is 38.5 cm³/mol. The molecular formula is C7H10F3NO. The second-order valence-corrected chi connectivity index (χ2v) is 2.21. The van der Waals surface area contributed by atoms with Crippen molar-refractivity contribution in [2.24, 2.45) is 0 Å². The maximum absolute atomic E-state index is 11.5. The Hall–Kier alpha value is -1.00. The molecule has 0 unspecified atom stereocenters. The first-order chi connectivity index (χ1) is 5.45. The summed E-state index contributed by atoms with van der Waals surface area (Å²) < 4.78 is 34.6. The highest BCUT2D eigenvalue weighted by atomic mass is 19.4. The lowest BCUT2D eigenvalue weighted by atomic mass is 10.3. The molecule has 0 saturated carbocycles. The van der Waals surface area contributed by atoms with E-state index in [4.69, 9.17) is 0 Å². The van der Waals surface area contributed by atoms with Crippen LogP contribution in [0.1, 0.15) is 12.8 Å². The molecule has 0 aromatic rings. The first-order valence-corrected chi connectivity index (χ1v) is 3.40. The number of hydrogen-bond acceptors (Lipinski definition) is 1. The van der Waals surface area contributed by atoms with Gasteiger partial charge in [0.05, 0.1) is 6.42 Å². The Morgan fingerprint density at radius 3 is 2.50 bits per heavy atom. The second-order valence-electron chi connectivity index (χ2n) is 2.21. The normalized spacial score (nSPS) is 10.9. The van der Waals surface area contributed by atoms with Gasteiger partial charge in [0.15, 0.2) is 0 Å². The van der Waals surface area contributed by atoms with Gasteiger partial charge in [0, 0.05) is 13.0 Å². The summed E-state index contributed by atoms with van der Waals surface area (Å²) >= 11 is 0. The third kappa shape index (κ3) is 7.11. The van der Waals surface area contributed by atoms with E-state index in [1.165, 1.54) is 6.08 Å². The Kier molecular flexibility index (Phi) is 4.39. The van der Waals surface area contributed by atoms with Gasteiger partial charge in [0.25, 0.3) is 0 Å². The molecule has 0 bridgehead atoms. The van der Waals surface area contributed by atoms with Gasteiger partial charge < -0.3 is 5.32 Å². The zero-order valence-corrected chi connectivity index (χ0v) is 6.45. The van der Waals surface area contributed by atoms with Crippen LogP contribution in [0.4, 0.5) is 13.2 Å². The first-order valence-electron chi connectivity index (χ1n) is 3.40. The smallest absolute Gasteiger partial charge is 0.353 e. The molecular weight excluding hydrogens is 171 g/mol. The number of carbonyl (C=O) groups excluding carboxylic acids is 1. The van der Waals surface area contributed by atoms with E-state index < -0.39 is 24.9 Å². The summed E-state index contributed by atoms with van der Waals surface area (Å²) in [6.45, 7) is 3.51. The van der Waals surface area contributed by atoms with Gasteiger partial charge in [-0.15, -0.1) is 6.58 Å². The number of amides is 1. The Morgan fingerprint density at radius 1 is 1.50 bits per heavy atom. The summed E-state index contributed by atoms with van der Waals surface area (Å²) in [5.74, 6) is -0.604. The Morgan fingerprint density at radius 2 is 2.08 bits per heavy atom. The minimum Gasteiger partial charge on any atom is -0.353 e. The molecule has 0 atom stereocenters. The topological polar surface area (TPSA) is 29.1 Å². The summed E-state index contributed by atoms with van der Waals surface area (Å²) in [5, 5.41) is 2.25. The van der Waals surface area contributed by atoms with Crippen LogP contribution in [0.5, 0.6) is 0 Å². The van der Waals surface area contributed by atoms with Gasteiger partial charge in [-0.2, -0.15) is 13.2 Å². The minimum absolute atomic E-state index is 0.205. The van der Waals surface area contributed by atoms with Crippen LogP contribution in [-0.2, 0) is 4.79 Å². The van der Waals surface area contributed by atoms with Crippen molar-refractivity contribution in [3.63, 3.8) is 0 Å². The SMILES string of the molecule is C=CCNC(=O)CCC(F)(F)F. The lowest BCUT2D eigenvalue weighted by Crippen LogP contribution is -2.24. The summed E-state index contributed by atoms with van der Waals surface area (Å²) in [7, 11) is 0. The highest BCUT2D eigenvalue weighted by Gasteiger charge is 2.27. The Bertz CT molecular complexity index is 165. The molecule has 70 valence electrons. The molecule has 0 aliphatic carbocycles. The van der Waals surface area contributed by atoms with Crippen molar-refractivity contribution in [2.75, 3.05) is 6.54 Å². The number of carbonyl (C=O) groups is 1. The number of nitrogens with one attached hydrogen (secondary N) is 1. The largest absolute Gasteiger partial charge is 0.389 e. The van der Waals surface area contributed by atoms with Crippen LogP contribution in [0.3, 0.4) is 0 Å². The average Bonchev–Trinajstić information content (AvgIpc) is 1.95. The Labute approximate surface area is 68.4 Å². The fourth-order valence-electron chi connectivity index (χ4n) is 0.530. The summed E-state index contributed by atoms with van der Waals surface area (Å²) in [6, 6.07) is 0. The highest BCUT2D eigenvalue weighted by Crippen LogP contribution is 2.20. The maximum atomic E-state index is 11.5. The van der Waals surface area contributed by atoms with Crippen molar-refractivity contribution in [1.29, 1.82) is 0 Å². The van der Waals surface area contributed by atoms with E-state index in [9.17, 15) is 18.0 Å². The lowest BCUT2D eigenvalue weighted by molar-refractivity contribution is -0.144. The summed E-state index contributed by atoms with van der Waals surface area (Å²) in [4.78, 5) is 10.6. The summed E-state index contributed by atoms with van der Waals surface area (Å²) in [5.41, 5.74) is 0. The average molecular weight is 181 g/mol. The van der Waals surface area contributed by atoms with Crippen LogP contribution >= 0.6 is 0 Å². The van der Waals surface area contributed by atoms with Gasteiger partial charge in [0.2, 0.25) is 5.91 Å². The molecule has 0 spiro atoms. The predicted octanol–water partition coefficient (Wildman–Crippen LogP) is 1.63. The molecule has 2 nitrogen and oxygen atoms in total. The fraction of sp³-hybridized carbons (Fsp3) is 0.571. The molecule has 0 fully saturated rings. The summed E-state index contributed by atoms with van der Waals surface area (Å²) in [6.07, 6.45) is -4.44. The molecule has 1 amide bonds. The zero-order chi connectivity index (χ0) is 9.61. The molecule has 0 rings (SSSR count). The van der Waals surface area contributed by atoms with Crippen molar-refractivity contribution < 1.29 is 18.0 Å². The van der Waals surface area contributed by atoms with Crippen molar-refractivity contribution in [3.05, 3.63) is 12.7 Å². The van der Waals surface area contributed by atoms with Crippen LogP contribution in [-0.4, -0.2) is 18.6 Å². The number of hydrogen-bond donors (Lipinski definition) is 1. The van der Waals surface area contributed by atoms with Crippen molar-refractivity contribution in [3.8, 4) is 0 Å². The van der Waals surface area contributed by atoms with Crippen LogP contribution in [0.2, 0.25) is 0 Å². The molecule has 5 heteroatoms. The molecule has 0 heterocycles. The standard InChI is InChI=1S/C7H10F3NO/c1-2-5-11-6(12)3-4-7(8,9)10/h2H,1,3-5H2,(H,11,12). The van der Waals surface area contributed by atoms with E-state index in [2.05, 4.69) is 11.9 Å². The van der Waals surface area contributed by atoms with Crippen LogP contribution in [0.15, 0.2) is 12.7 Å². The first kappa shape index (κ1) is 11.0. The Balaban J connectivity index is 3.51. The second kappa shape index (κ2) is 4.79. The van der Waals surface area contributed by atoms with E-state index in [0.717, 1.165) is 0 Å². The fourth-order valence-corrected chi connectivity index (χ4v) is 0.530. The van der Waals surface area contributed by atoms with E-state index in [0.29, 0.717) is 0 Å². The van der Waals surface area contributed by atoms with Crippen molar-refractivity contribution in [1.82, 2.24) is 5.32 Å². The molecule has 12 heavy (non-hydrogen) atoms. The number of alkyl halides is 3. The molecule has 0 aliphatic heterocycles. The van der Waals surface area contributed by atoms with Gasteiger partial charge in [0.1, 0.15) is 0 Å². The number of rotatable bonds is 4. The van der Waals surface area contributed by atoms with Gasteiger partial charge >= 0.3 is 6.18 Å². The van der Waals surface area contributed by atoms with Crippen LogP contribution in [0, 0.1) is 0 Å². The molecule has 0 aromatic carbocycles. The van der Waals surface area contributed by atoms with E-state index in [1.807, 2.05) is 0 Å². The zero-order valence-electron chi connectivity index (χ0n) is 6.45. The van der Waals surface area contributed by atoms with E-state index in [1.54, 1.807) is 0 Å². The van der Waals surface area contributed by atoms with Gasteiger partial charge in [-0.3, -0.25) is 4.79 Å². The number of halogens is 3. The van der Waals surface area contributed by atoms with Crippen LogP contribution < -0.4 is 5.32 Å². The monoisotopic (exact) mass is 181 g/mol. The van der Waals surface area contributed by atoms with Crippen molar-refractivity contribution >= 4 is 5.91 Å². The quantitative estimate of drug-likeness (QED) is 0.656. The maximum Gasteiger partial charge on any atom is 0.389 e. The van der Waals surface area contributed by atoms with E-state index >= 15 is 0 Å². The van der Waals surface area contributed by atoms with Crippen molar-refractivity contribution in [2.45, 2.75) is 19.0 Å². The van der Waals surface area contributed by atoms with Gasteiger partial charge in [-0.05, 0) is 0 Å². The molecule has 1 N–H and O–H groups in total. The van der Waals surface area contributed by atoms with Gasteiger partial charge in [-0.1, -0.05) is 6.08 Å². The molecule has 0 aliphatic rings. The third-order valence-corrected chi connectivity index (χ3v) is 1.08. The molecule has 0 aromatic heterocycles. The highest BCUT2D eigenvalue weighted by molar-refractivity contribution is 5.75.